The van der Waals surface area contributed by atoms with Crippen molar-refractivity contribution in [1.82, 2.24) is 14.5 Å². The van der Waals surface area contributed by atoms with Crippen LogP contribution in [0.1, 0.15) is 19.3 Å². The van der Waals surface area contributed by atoms with E-state index >= 15 is 0 Å². The number of benzene rings is 2. The molecule has 8 heteroatoms. The van der Waals surface area contributed by atoms with E-state index in [1.54, 1.807) is 6.07 Å². The highest BCUT2D eigenvalue weighted by Crippen LogP contribution is 2.42. The van der Waals surface area contributed by atoms with Gasteiger partial charge in [-0.2, -0.15) is 0 Å². The topological polar surface area (TPSA) is 101 Å². The second-order valence-electron chi connectivity index (χ2n) is 8.47. The Bertz CT molecular complexity index is 1360. The number of aromatic nitrogens is 3. The van der Waals surface area contributed by atoms with Gasteiger partial charge in [-0.15, -0.1) is 0 Å². The first-order chi connectivity index (χ1) is 15.7. The highest BCUT2D eigenvalue weighted by Gasteiger charge is 2.26. The van der Waals surface area contributed by atoms with Crippen LogP contribution in [0.2, 0.25) is 0 Å². The van der Waals surface area contributed by atoms with Crippen LogP contribution < -0.4 is 15.4 Å². The lowest BCUT2D eigenvalue weighted by Crippen LogP contribution is -2.08. The first-order valence-electron chi connectivity index (χ1n) is 10.9. The van der Waals surface area contributed by atoms with Crippen molar-refractivity contribution in [3.05, 3.63) is 36.5 Å². The van der Waals surface area contributed by atoms with E-state index in [2.05, 4.69) is 20.2 Å². The molecule has 0 atom stereocenters. The van der Waals surface area contributed by atoms with E-state index in [-0.39, 0.29) is 5.75 Å². The zero-order valence-electron chi connectivity index (χ0n) is 17.5. The second kappa shape index (κ2) is 7.40. The van der Waals surface area contributed by atoms with Crippen LogP contribution in [0.4, 0.5) is 11.4 Å². The Morgan fingerprint density at radius 2 is 2.16 bits per heavy atom. The second-order valence-corrected chi connectivity index (χ2v) is 8.47. The average molecular weight is 429 g/mol. The molecular formula is C24H23N5O3. The molecule has 3 N–H and O–H groups in total. The third-order valence-electron chi connectivity index (χ3n) is 6.17. The Labute approximate surface area is 184 Å². The molecule has 0 saturated heterocycles. The van der Waals surface area contributed by atoms with E-state index in [1.165, 1.54) is 19.0 Å². The summed E-state index contributed by atoms with van der Waals surface area (Å²) in [4.78, 5) is 20.7. The van der Waals surface area contributed by atoms with E-state index in [4.69, 9.17) is 9.72 Å². The number of hydrogen-bond donors (Lipinski definition) is 3. The third kappa shape index (κ3) is 3.19. The molecule has 32 heavy (non-hydrogen) atoms. The summed E-state index contributed by atoms with van der Waals surface area (Å²) in [5, 5.41) is 17.1. The number of nitrogens with one attached hydrogen (secondary N) is 2. The fourth-order valence-electron chi connectivity index (χ4n) is 4.41. The molecule has 0 radical (unpaired) electrons. The molecule has 3 heterocycles. The molecule has 0 unspecified atom stereocenters. The number of amides is 1. The van der Waals surface area contributed by atoms with Crippen molar-refractivity contribution >= 4 is 39.7 Å². The maximum Gasteiger partial charge on any atom is 0.211 e. The molecule has 0 spiro atoms. The number of fused-ring (bicyclic) bond motifs is 1. The number of aryl methyl sites for hydroxylation is 1. The van der Waals surface area contributed by atoms with Crippen molar-refractivity contribution in [1.29, 1.82) is 0 Å². The van der Waals surface area contributed by atoms with Crippen molar-refractivity contribution in [3.63, 3.8) is 0 Å². The molecule has 2 aromatic carbocycles. The van der Waals surface area contributed by atoms with Gasteiger partial charge in [-0.25, -0.2) is 4.98 Å². The number of ether oxygens (including phenoxy) is 1. The van der Waals surface area contributed by atoms with Crippen molar-refractivity contribution in [3.8, 4) is 22.9 Å². The monoisotopic (exact) mass is 429 g/mol. The van der Waals surface area contributed by atoms with Gasteiger partial charge in [0.15, 0.2) is 0 Å². The van der Waals surface area contributed by atoms with Crippen molar-refractivity contribution in [2.45, 2.75) is 25.8 Å². The molecule has 1 aliphatic carbocycles. The number of aromatic hydroxyl groups is 1. The average Bonchev–Trinajstić information content (AvgIpc) is 3.58. The number of nitrogens with zero attached hydrogens (tertiary/aromatic N) is 3. The van der Waals surface area contributed by atoms with Gasteiger partial charge in [0.1, 0.15) is 28.4 Å². The van der Waals surface area contributed by atoms with Gasteiger partial charge in [0.25, 0.3) is 0 Å². The van der Waals surface area contributed by atoms with Gasteiger partial charge in [0.05, 0.1) is 29.7 Å². The molecule has 1 saturated carbocycles. The number of hydrogen-bond acceptors (Lipinski definition) is 6. The normalized spacial score (nSPS) is 15.4. The number of carbonyl (C=O) groups is 1. The van der Waals surface area contributed by atoms with Gasteiger partial charge in [0, 0.05) is 30.1 Å². The first kappa shape index (κ1) is 18.9. The van der Waals surface area contributed by atoms with Gasteiger partial charge < -0.3 is 25.0 Å². The molecule has 0 bridgehead atoms. The van der Waals surface area contributed by atoms with Crippen LogP contribution in [-0.4, -0.2) is 39.2 Å². The molecular weight excluding hydrogens is 406 g/mol. The third-order valence-corrected chi connectivity index (χ3v) is 6.17. The fourth-order valence-corrected chi connectivity index (χ4v) is 4.41. The Hall–Kier alpha value is -3.81. The lowest BCUT2D eigenvalue weighted by atomic mass is 10.1. The first-order valence-corrected chi connectivity index (χ1v) is 10.9. The predicted molar refractivity (Wildman–Crippen MR) is 123 cm³/mol. The van der Waals surface area contributed by atoms with E-state index < -0.39 is 0 Å². The highest BCUT2D eigenvalue weighted by molar-refractivity contribution is 6.04. The van der Waals surface area contributed by atoms with Crippen LogP contribution in [0.25, 0.3) is 33.3 Å². The standard InChI is InChI=1S/C24H23N5O3/c30-13-27-21-19(25-11-14-2-3-14)10-20-23-22(21)28-24(29(23)6-1-7-32-20)15-4-5-18-16(8-15)9-17(31)12-26-18/h4-5,8-10,12-14,25,31H,1-3,6-7,11H2,(H,27,30). The largest absolute Gasteiger partial charge is 0.506 e. The number of imidazole rings is 1. The summed E-state index contributed by atoms with van der Waals surface area (Å²) in [5.41, 5.74) is 4.81. The van der Waals surface area contributed by atoms with E-state index in [0.717, 1.165) is 58.8 Å². The molecule has 1 aliphatic heterocycles. The minimum atomic E-state index is 0.126. The zero-order chi connectivity index (χ0) is 21.7. The lowest BCUT2D eigenvalue weighted by molar-refractivity contribution is -0.105. The SMILES string of the molecule is O=CNc1c(NCC2CC2)cc2c3c1nc(-c1ccc4ncc(O)cc4c1)n3CCCO2. The molecule has 8 nitrogen and oxygen atoms in total. The molecule has 162 valence electrons. The Morgan fingerprint density at radius 1 is 1.25 bits per heavy atom. The quantitative estimate of drug-likeness (QED) is 0.399. The van der Waals surface area contributed by atoms with Gasteiger partial charge in [-0.05, 0) is 49.4 Å². The summed E-state index contributed by atoms with van der Waals surface area (Å²) in [7, 11) is 0. The molecule has 2 aliphatic rings. The van der Waals surface area contributed by atoms with Crippen LogP contribution in [0.3, 0.4) is 0 Å². The van der Waals surface area contributed by atoms with E-state index in [1.807, 2.05) is 24.3 Å². The Morgan fingerprint density at radius 3 is 3.00 bits per heavy atom. The van der Waals surface area contributed by atoms with Gasteiger partial charge in [-0.3, -0.25) is 9.78 Å². The van der Waals surface area contributed by atoms with Gasteiger partial charge in [-0.1, -0.05) is 0 Å². The van der Waals surface area contributed by atoms with Gasteiger partial charge >= 0.3 is 0 Å². The fraction of sp³-hybridized carbons (Fsp3) is 0.292. The van der Waals surface area contributed by atoms with Crippen molar-refractivity contribution in [2.75, 3.05) is 23.8 Å². The maximum atomic E-state index is 11.5. The molecule has 1 fully saturated rings. The number of carbonyl (C=O) groups excluding carboxylic acids is 1. The zero-order valence-corrected chi connectivity index (χ0v) is 17.5. The van der Waals surface area contributed by atoms with Gasteiger partial charge in [0.2, 0.25) is 6.41 Å². The minimum absolute atomic E-state index is 0.126. The molecule has 4 aromatic rings. The Balaban J connectivity index is 1.56. The smallest absolute Gasteiger partial charge is 0.211 e. The van der Waals surface area contributed by atoms with Crippen LogP contribution >= 0.6 is 0 Å². The maximum absolute atomic E-state index is 11.5. The van der Waals surface area contributed by atoms with Crippen LogP contribution in [0.15, 0.2) is 36.5 Å². The summed E-state index contributed by atoms with van der Waals surface area (Å²) in [6.45, 7) is 2.24. The summed E-state index contributed by atoms with van der Waals surface area (Å²) in [5.74, 6) is 2.38. The van der Waals surface area contributed by atoms with Crippen molar-refractivity contribution < 1.29 is 14.6 Å². The van der Waals surface area contributed by atoms with Crippen molar-refractivity contribution in [2.24, 2.45) is 5.92 Å². The highest BCUT2D eigenvalue weighted by atomic mass is 16.5. The summed E-state index contributed by atoms with van der Waals surface area (Å²) in [6.07, 6.45) is 5.46. The van der Waals surface area contributed by atoms with Crippen LogP contribution in [0.5, 0.6) is 11.5 Å². The summed E-state index contributed by atoms with van der Waals surface area (Å²) >= 11 is 0. The molecule has 2 aromatic heterocycles. The molecule has 1 amide bonds. The number of rotatable bonds is 6. The summed E-state index contributed by atoms with van der Waals surface area (Å²) in [6, 6.07) is 9.58. The minimum Gasteiger partial charge on any atom is -0.506 e. The Kier molecular flexibility index (Phi) is 4.38. The lowest BCUT2D eigenvalue weighted by Gasteiger charge is -2.14. The number of pyridine rings is 1. The molecule has 6 rings (SSSR count). The van der Waals surface area contributed by atoms with Crippen LogP contribution in [0, 0.1) is 5.92 Å². The predicted octanol–water partition coefficient (Wildman–Crippen LogP) is 4.13. The van der Waals surface area contributed by atoms with Crippen LogP contribution in [-0.2, 0) is 11.3 Å². The number of anilines is 2. The van der Waals surface area contributed by atoms with E-state index in [9.17, 15) is 9.90 Å². The van der Waals surface area contributed by atoms with E-state index in [0.29, 0.717) is 30.1 Å². The summed E-state index contributed by atoms with van der Waals surface area (Å²) < 4.78 is 8.25.